The molecule has 0 saturated heterocycles. The van der Waals surface area contributed by atoms with Crippen LogP contribution in [-0.2, 0) is 6.42 Å². The van der Waals surface area contributed by atoms with E-state index in [1.807, 2.05) is 13.0 Å². The van der Waals surface area contributed by atoms with Crippen molar-refractivity contribution in [1.82, 2.24) is 0 Å². The van der Waals surface area contributed by atoms with E-state index in [9.17, 15) is 4.39 Å². The van der Waals surface area contributed by atoms with Crippen molar-refractivity contribution in [2.24, 2.45) is 5.92 Å². The molecule has 1 heteroatoms. The maximum absolute atomic E-state index is 13.0. The van der Waals surface area contributed by atoms with Crippen LogP contribution in [0.1, 0.15) is 25.0 Å². The molecule has 0 fully saturated rings. The number of rotatable bonds is 2. The van der Waals surface area contributed by atoms with Gasteiger partial charge in [-0.3, -0.25) is 0 Å². The average Bonchev–Trinajstić information content (AvgIpc) is 1.98. The van der Waals surface area contributed by atoms with Crippen molar-refractivity contribution in [2.45, 2.75) is 27.2 Å². The first-order valence-electron chi connectivity index (χ1n) is 4.35. The van der Waals surface area contributed by atoms with Gasteiger partial charge in [0.1, 0.15) is 5.82 Å². The van der Waals surface area contributed by atoms with Crippen LogP contribution in [0.5, 0.6) is 0 Å². The summed E-state index contributed by atoms with van der Waals surface area (Å²) < 4.78 is 13.0. The van der Waals surface area contributed by atoms with E-state index in [1.54, 1.807) is 6.07 Å². The van der Waals surface area contributed by atoms with Crippen LogP contribution in [0.2, 0.25) is 0 Å². The van der Waals surface area contributed by atoms with Crippen LogP contribution < -0.4 is 0 Å². The van der Waals surface area contributed by atoms with Gasteiger partial charge in [0.25, 0.3) is 0 Å². The minimum absolute atomic E-state index is 0.0897. The molecule has 12 heavy (non-hydrogen) atoms. The molecule has 0 heterocycles. The van der Waals surface area contributed by atoms with Gasteiger partial charge in [-0.1, -0.05) is 26.0 Å². The molecule has 0 aliphatic heterocycles. The number of hydrogen-bond donors (Lipinski definition) is 0. The van der Waals surface area contributed by atoms with Crippen LogP contribution in [0.25, 0.3) is 0 Å². The molecule has 1 aromatic rings. The first-order valence-corrected chi connectivity index (χ1v) is 4.35. The largest absolute Gasteiger partial charge is 0.207 e. The lowest BCUT2D eigenvalue weighted by Gasteiger charge is -2.08. The molecular formula is C11H15F. The minimum Gasteiger partial charge on any atom is -0.207 e. The molecule has 0 saturated carbocycles. The Morgan fingerprint density at radius 2 is 2.00 bits per heavy atom. The predicted molar refractivity (Wildman–Crippen MR) is 49.7 cm³/mol. The molecular weight excluding hydrogens is 151 g/mol. The summed E-state index contributed by atoms with van der Waals surface area (Å²) in [5.41, 5.74) is 1.93. The minimum atomic E-state index is -0.0897. The zero-order valence-corrected chi connectivity index (χ0v) is 7.89. The molecule has 66 valence electrons. The van der Waals surface area contributed by atoms with Gasteiger partial charge in [-0.25, -0.2) is 4.39 Å². The topological polar surface area (TPSA) is 0 Å². The van der Waals surface area contributed by atoms with Crippen molar-refractivity contribution in [3.63, 3.8) is 0 Å². The first-order chi connectivity index (χ1) is 5.61. The van der Waals surface area contributed by atoms with Gasteiger partial charge in [-0.05, 0) is 36.5 Å². The van der Waals surface area contributed by atoms with Gasteiger partial charge in [-0.2, -0.15) is 0 Å². The zero-order chi connectivity index (χ0) is 9.14. The quantitative estimate of drug-likeness (QED) is 0.632. The summed E-state index contributed by atoms with van der Waals surface area (Å²) in [4.78, 5) is 0. The van der Waals surface area contributed by atoms with Gasteiger partial charge in [0.15, 0.2) is 0 Å². The first kappa shape index (κ1) is 9.24. The molecule has 0 aliphatic rings. The summed E-state index contributed by atoms with van der Waals surface area (Å²) in [7, 11) is 0. The molecule has 0 amide bonds. The van der Waals surface area contributed by atoms with Crippen LogP contribution in [0.15, 0.2) is 18.2 Å². The number of hydrogen-bond acceptors (Lipinski definition) is 0. The predicted octanol–water partition coefficient (Wildman–Crippen LogP) is 3.33. The SMILES string of the molecule is Cc1c(F)cccc1CC(C)C. The molecule has 0 unspecified atom stereocenters. The molecule has 1 rings (SSSR count). The molecule has 0 radical (unpaired) electrons. The number of benzene rings is 1. The van der Waals surface area contributed by atoms with Crippen LogP contribution >= 0.6 is 0 Å². The lowest BCUT2D eigenvalue weighted by molar-refractivity contribution is 0.602. The second-order valence-corrected chi connectivity index (χ2v) is 3.62. The maximum atomic E-state index is 13.0. The lowest BCUT2D eigenvalue weighted by atomic mass is 9.99. The van der Waals surface area contributed by atoms with Crippen molar-refractivity contribution in [2.75, 3.05) is 0 Å². The van der Waals surface area contributed by atoms with E-state index in [-0.39, 0.29) is 5.82 Å². The fourth-order valence-electron chi connectivity index (χ4n) is 1.31. The maximum Gasteiger partial charge on any atom is 0.126 e. The normalized spacial score (nSPS) is 10.8. The Balaban J connectivity index is 2.92. The summed E-state index contributed by atoms with van der Waals surface area (Å²) in [6, 6.07) is 5.29. The monoisotopic (exact) mass is 166 g/mol. The Bertz CT molecular complexity index is 264. The van der Waals surface area contributed by atoms with Crippen molar-refractivity contribution < 1.29 is 4.39 Å². The lowest BCUT2D eigenvalue weighted by Crippen LogP contribution is -1.98. The average molecular weight is 166 g/mol. The molecule has 0 N–H and O–H groups in total. The highest BCUT2D eigenvalue weighted by Gasteiger charge is 2.04. The van der Waals surface area contributed by atoms with E-state index >= 15 is 0 Å². The summed E-state index contributed by atoms with van der Waals surface area (Å²) in [5, 5.41) is 0. The van der Waals surface area contributed by atoms with Crippen molar-refractivity contribution in [3.05, 3.63) is 35.1 Å². The van der Waals surface area contributed by atoms with E-state index in [0.29, 0.717) is 5.92 Å². The zero-order valence-electron chi connectivity index (χ0n) is 7.89. The smallest absolute Gasteiger partial charge is 0.126 e. The molecule has 0 atom stereocenters. The molecule has 0 bridgehead atoms. The summed E-state index contributed by atoms with van der Waals surface area (Å²) >= 11 is 0. The third-order valence-electron chi connectivity index (χ3n) is 2.01. The van der Waals surface area contributed by atoms with E-state index < -0.39 is 0 Å². The molecule has 0 nitrogen and oxygen atoms in total. The number of halogens is 1. The van der Waals surface area contributed by atoms with Crippen LogP contribution in [0.4, 0.5) is 4.39 Å². The Morgan fingerprint density at radius 3 is 2.58 bits per heavy atom. The summed E-state index contributed by atoms with van der Waals surface area (Å²) in [6.45, 7) is 6.13. The molecule has 0 aromatic heterocycles. The fourth-order valence-corrected chi connectivity index (χ4v) is 1.31. The third kappa shape index (κ3) is 2.07. The van der Waals surface area contributed by atoms with E-state index in [1.165, 1.54) is 6.07 Å². The highest BCUT2D eigenvalue weighted by molar-refractivity contribution is 5.27. The fraction of sp³-hybridized carbons (Fsp3) is 0.455. The molecule has 1 aromatic carbocycles. The summed E-state index contributed by atoms with van der Waals surface area (Å²) in [6.07, 6.45) is 0.962. The van der Waals surface area contributed by atoms with Crippen molar-refractivity contribution in [1.29, 1.82) is 0 Å². The van der Waals surface area contributed by atoms with E-state index in [2.05, 4.69) is 13.8 Å². The Hall–Kier alpha value is -0.850. The van der Waals surface area contributed by atoms with Gasteiger partial charge < -0.3 is 0 Å². The van der Waals surface area contributed by atoms with Crippen LogP contribution in [0.3, 0.4) is 0 Å². The Kier molecular flexibility index (Phi) is 2.85. The second kappa shape index (κ2) is 3.70. The van der Waals surface area contributed by atoms with Gasteiger partial charge in [-0.15, -0.1) is 0 Å². The van der Waals surface area contributed by atoms with Gasteiger partial charge in [0, 0.05) is 0 Å². The highest BCUT2D eigenvalue weighted by Crippen LogP contribution is 2.15. The van der Waals surface area contributed by atoms with Gasteiger partial charge in [0.05, 0.1) is 0 Å². The van der Waals surface area contributed by atoms with Gasteiger partial charge in [0.2, 0.25) is 0 Å². The Labute approximate surface area is 73.4 Å². The molecule has 0 aliphatic carbocycles. The molecule has 0 spiro atoms. The van der Waals surface area contributed by atoms with Gasteiger partial charge >= 0.3 is 0 Å². The van der Waals surface area contributed by atoms with Crippen LogP contribution in [0, 0.1) is 18.7 Å². The summed E-state index contributed by atoms with van der Waals surface area (Å²) in [5.74, 6) is 0.499. The highest BCUT2D eigenvalue weighted by atomic mass is 19.1. The van der Waals surface area contributed by atoms with E-state index in [4.69, 9.17) is 0 Å². The second-order valence-electron chi connectivity index (χ2n) is 3.62. The van der Waals surface area contributed by atoms with E-state index in [0.717, 1.165) is 17.5 Å². The van der Waals surface area contributed by atoms with Crippen molar-refractivity contribution >= 4 is 0 Å². The third-order valence-corrected chi connectivity index (χ3v) is 2.01. The Morgan fingerprint density at radius 1 is 1.33 bits per heavy atom. The standard InChI is InChI=1S/C11H15F/c1-8(2)7-10-5-4-6-11(12)9(10)3/h4-6,8H,7H2,1-3H3. The van der Waals surface area contributed by atoms with Crippen molar-refractivity contribution in [3.8, 4) is 0 Å². The van der Waals surface area contributed by atoms with Crippen LogP contribution in [-0.4, -0.2) is 0 Å².